The first-order valence-corrected chi connectivity index (χ1v) is 4.63. The number of carbonyl (C=O) groups is 1. The quantitative estimate of drug-likeness (QED) is 0.615. The van der Waals surface area contributed by atoms with Crippen molar-refractivity contribution in [2.45, 2.75) is 31.9 Å². The summed E-state index contributed by atoms with van der Waals surface area (Å²) in [7, 11) is 1.77. The highest BCUT2D eigenvalue weighted by molar-refractivity contribution is 5.85. The van der Waals surface area contributed by atoms with Crippen molar-refractivity contribution >= 4 is 5.91 Å². The normalized spacial score (nSPS) is 23.7. The number of rotatable bonds is 2. The SMILES string of the molecule is CNC(C)(C)C(=O)N1CC[C@@H](O)C1. The molecular formula is C9H18N2O2. The summed E-state index contributed by atoms with van der Waals surface area (Å²) in [5, 5.41) is 12.2. The predicted molar refractivity (Wildman–Crippen MR) is 50.3 cm³/mol. The van der Waals surface area contributed by atoms with E-state index in [2.05, 4.69) is 5.32 Å². The molecule has 1 saturated heterocycles. The zero-order valence-corrected chi connectivity index (χ0v) is 8.50. The molecule has 2 N–H and O–H groups in total. The van der Waals surface area contributed by atoms with Crippen molar-refractivity contribution in [1.82, 2.24) is 10.2 Å². The second-order valence-corrected chi connectivity index (χ2v) is 4.07. The Morgan fingerprint density at radius 2 is 2.23 bits per heavy atom. The van der Waals surface area contributed by atoms with Crippen molar-refractivity contribution in [3.63, 3.8) is 0 Å². The first-order chi connectivity index (χ1) is 5.97. The van der Waals surface area contributed by atoms with Crippen LogP contribution in [0.2, 0.25) is 0 Å². The van der Waals surface area contributed by atoms with E-state index in [0.717, 1.165) is 0 Å². The molecular weight excluding hydrogens is 168 g/mol. The second kappa shape index (κ2) is 3.64. The molecule has 4 heteroatoms. The van der Waals surface area contributed by atoms with E-state index in [-0.39, 0.29) is 12.0 Å². The summed E-state index contributed by atoms with van der Waals surface area (Å²) < 4.78 is 0. The molecule has 0 radical (unpaired) electrons. The Hall–Kier alpha value is -0.610. The van der Waals surface area contributed by atoms with Crippen LogP contribution in [-0.2, 0) is 4.79 Å². The van der Waals surface area contributed by atoms with Crippen molar-refractivity contribution in [2.24, 2.45) is 0 Å². The van der Waals surface area contributed by atoms with Crippen LogP contribution in [0.5, 0.6) is 0 Å². The number of likely N-dealkylation sites (tertiary alicyclic amines) is 1. The van der Waals surface area contributed by atoms with Crippen molar-refractivity contribution in [1.29, 1.82) is 0 Å². The number of hydrogen-bond acceptors (Lipinski definition) is 3. The Kier molecular flexibility index (Phi) is 2.93. The molecule has 13 heavy (non-hydrogen) atoms. The molecule has 4 nitrogen and oxygen atoms in total. The van der Waals surface area contributed by atoms with Gasteiger partial charge in [-0.25, -0.2) is 0 Å². The monoisotopic (exact) mass is 186 g/mol. The number of aliphatic hydroxyl groups is 1. The Balaban J connectivity index is 2.58. The number of amides is 1. The van der Waals surface area contributed by atoms with E-state index in [1.54, 1.807) is 11.9 Å². The van der Waals surface area contributed by atoms with Gasteiger partial charge in [-0.15, -0.1) is 0 Å². The maximum atomic E-state index is 11.8. The molecule has 1 atom stereocenters. The van der Waals surface area contributed by atoms with Gasteiger partial charge in [0.05, 0.1) is 11.6 Å². The summed E-state index contributed by atoms with van der Waals surface area (Å²) in [6.07, 6.45) is 0.363. The van der Waals surface area contributed by atoms with Crippen LogP contribution >= 0.6 is 0 Å². The van der Waals surface area contributed by atoms with Gasteiger partial charge >= 0.3 is 0 Å². The molecule has 0 aliphatic carbocycles. The third kappa shape index (κ3) is 2.19. The van der Waals surface area contributed by atoms with E-state index in [1.165, 1.54) is 0 Å². The first kappa shape index (κ1) is 10.5. The van der Waals surface area contributed by atoms with Gasteiger partial charge in [-0.05, 0) is 27.3 Å². The molecule has 0 saturated carbocycles. The molecule has 1 aliphatic rings. The zero-order chi connectivity index (χ0) is 10.1. The number of nitrogens with one attached hydrogen (secondary N) is 1. The number of likely N-dealkylation sites (N-methyl/N-ethyl adjacent to an activating group) is 1. The molecule has 0 spiro atoms. The largest absolute Gasteiger partial charge is 0.391 e. The Labute approximate surface area is 78.9 Å². The van der Waals surface area contributed by atoms with E-state index in [0.29, 0.717) is 19.5 Å². The highest BCUT2D eigenvalue weighted by Crippen LogP contribution is 2.14. The standard InChI is InChI=1S/C9H18N2O2/c1-9(2,10-3)8(13)11-5-4-7(12)6-11/h7,10,12H,4-6H2,1-3H3/t7-/m1/s1. The summed E-state index contributed by atoms with van der Waals surface area (Å²) in [6, 6.07) is 0. The van der Waals surface area contributed by atoms with Gasteiger partial charge in [-0.2, -0.15) is 0 Å². The van der Waals surface area contributed by atoms with E-state index in [1.807, 2.05) is 13.8 Å². The van der Waals surface area contributed by atoms with Crippen LogP contribution in [0, 0.1) is 0 Å². The van der Waals surface area contributed by atoms with Crippen LogP contribution in [0.1, 0.15) is 20.3 Å². The minimum atomic E-state index is -0.524. The van der Waals surface area contributed by atoms with Gasteiger partial charge in [0.1, 0.15) is 0 Å². The van der Waals surface area contributed by atoms with Gasteiger partial charge < -0.3 is 15.3 Å². The van der Waals surface area contributed by atoms with E-state index in [4.69, 9.17) is 0 Å². The number of aliphatic hydroxyl groups excluding tert-OH is 1. The first-order valence-electron chi connectivity index (χ1n) is 4.63. The molecule has 0 unspecified atom stereocenters. The highest BCUT2D eigenvalue weighted by atomic mass is 16.3. The molecule has 0 bridgehead atoms. The summed E-state index contributed by atoms with van der Waals surface area (Å²) in [5.74, 6) is 0.0616. The van der Waals surface area contributed by atoms with Crippen molar-refractivity contribution in [3.8, 4) is 0 Å². The van der Waals surface area contributed by atoms with Crippen LogP contribution in [0.25, 0.3) is 0 Å². The molecule has 0 aromatic rings. The molecule has 1 amide bonds. The van der Waals surface area contributed by atoms with E-state index < -0.39 is 5.54 Å². The lowest BCUT2D eigenvalue weighted by atomic mass is 10.0. The average molecular weight is 186 g/mol. The van der Waals surface area contributed by atoms with Crippen molar-refractivity contribution in [3.05, 3.63) is 0 Å². The highest BCUT2D eigenvalue weighted by Gasteiger charge is 2.33. The average Bonchev–Trinajstić information content (AvgIpc) is 2.50. The van der Waals surface area contributed by atoms with Crippen molar-refractivity contribution < 1.29 is 9.90 Å². The fraction of sp³-hybridized carbons (Fsp3) is 0.889. The molecule has 0 aromatic carbocycles. The fourth-order valence-corrected chi connectivity index (χ4v) is 1.43. The van der Waals surface area contributed by atoms with Gasteiger partial charge in [0, 0.05) is 13.1 Å². The van der Waals surface area contributed by atoms with Gasteiger partial charge in [-0.3, -0.25) is 4.79 Å². The maximum absolute atomic E-state index is 11.8. The maximum Gasteiger partial charge on any atom is 0.242 e. The summed E-state index contributed by atoms with van der Waals surface area (Å²) in [4.78, 5) is 13.5. The molecule has 1 aliphatic heterocycles. The lowest BCUT2D eigenvalue weighted by Gasteiger charge is -2.28. The third-order valence-corrected chi connectivity index (χ3v) is 2.61. The second-order valence-electron chi connectivity index (χ2n) is 4.07. The Morgan fingerprint density at radius 1 is 1.62 bits per heavy atom. The topological polar surface area (TPSA) is 52.6 Å². The third-order valence-electron chi connectivity index (χ3n) is 2.61. The smallest absolute Gasteiger partial charge is 0.242 e. The molecule has 1 heterocycles. The van der Waals surface area contributed by atoms with Gasteiger partial charge in [-0.1, -0.05) is 0 Å². The van der Waals surface area contributed by atoms with Gasteiger partial charge in [0.25, 0.3) is 0 Å². The lowest BCUT2D eigenvalue weighted by Crippen LogP contribution is -2.52. The fourth-order valence-electron chi connectivity index (χ4n) is 1.43. The van der Waals surface area contributed by atoms with Gasteiger partial charge in [0.15, 0.2) is 0 Å². The van der Waals surface area contributed by atoms with Crippen LogP contribution in [0.15, 0.2) is 0 Å². The predicted octanol–water partition coefficient (Wildman–Crippen LogP) is -0.422. The summed E-state index contributed by atoms with van der Waals surface area (Å²) in [6.45, 7) is 4.84. The summed E-state index contributed by atoms with van der Waals surface area (Å²) >= 11 is 0. The Bertz CT molecular complexity index is 204. The number of β-amino-alcohol motifs (C(OH)–C–C–N with tert-alkyl or cyclic N) is 1. The molecule has 76 valence electrons. The lowest BCUT2D eigenvalue weighted by molar-refractivity contribution is -0.136. The number of hydrogen-bond donors (Lipinski definition) is 2. The molecule has 1 fully saturated rings. The van der Waals surface area contributed by atoms with E-state index in [9.17, 15) is 9.90 Å². The van der Waals surface area contributed by atoms with Gasteiger partial charge in [0.2, 0.25) is 5.91 Å². The Morgan fingerprint density at radius 3 is 2.62 bits per heavy atom. The van der Waals surface area contributed by atoms with E-state index >= 15 is 0 Å². The van der Waals surface area contributed by atoms with Crippen LogP contribution in [-0.4, -0.2) is 47.7 Å². The zero-order valence-electron chi connectivity index (χ0n) is 8.50. The minimum Gasteiger partial charge on any atom is -0.391 e. The number of nitrogens with zero attached hydrogens (tertiary/aromatic N) is 1. The number of carbonyl (C=O) groups excluding carboxylic acids is 1. The van der Waals surface area contributed by atoms with Crippen LogP contribution in [0.3, 0.4) is 0 Å². The van der Waals surface area contributed by atoms with Crippen LogP contribution < -0.4 is 5.32 Å². The molecule has 0 aromatic heterocycles. The minimum absolute atomic E-state index is 0.0616. The van der Waals surface area contributed by atoms with Crippen LogP contribution in [0.4, 0.5) is 0 Å². The summed E-state index contributed by atoms with van der Waals surface area (Å²) in [5.41, 5.74) is -0.524. The molecule has 1 rings (SSSR count). The van der Waals surface area contributed by atoms with Crippen molar-refractivity contribution in [2.75, 3.05) is 20.1 Å².